The Labute approximate surface area is 206 Å². The van der Waals surface area contributed by atoms with Crippen LogP contribution in [0, 0.1) is 12.7 Å². The monoisotopic (exact) mass is 477 g/mol. The Morgan fingerprint density at radius 2 is 1.89 bits per heavy atom. The fourth-order valence-electron chi connectivity index (χ4n) is 3.18. The number of rotatable bonds is 9. The highest BCUT2D eigenvalue weighted by Crippen LogP contribution is 2.21. The average Bonchev–Trinajstić information content (AvgIpc) is 2.84. The van der Waals surface area contributed by atoms with Gasteiger partial charge in [-0.05, 0) is 74.7 Å². The third kappa shape index (κ3) is 7.46. The smallest absolute Gasteiger partial charge is 0.254 e. The topological polar surface area (TPSA) is 86.2 Å². The van der Waals surface area contributed by atoms with E-state index in [2.05, 4.69) is 20.6 Å². The van der Waals surface area contributed by atoms with Crippen molar-refractivity contribution >= 4 is 40.7 Å². The van der Waals surface area contributed by atoms with E-state index in [9.17, 15) is 14.0 Å². The molecule has 7 nitrogen and oxygen atoms in total. The van der Waals surface area contributed by atoms with Crippen LogP contribution in [0.3, 0.4) is 0 Å². The van der Waals surface area contributed by atoms with Crippen LogP contribution in [-0.2, 0) is 4.79 Å². The van der Waals surface area contributed by atoms with E-state index in [4.69, 9.17) is 0 Å². The molecule has 0 bridgehead atoms. The van der Waals surface area contributed by atoms with Crippen LogP contribution in [0.25, 0.3) is 5.57 Å². The van der Waals surface area contributed by atoms with E-state index in [-0.39, 0.29) is 18.3 Å². The summed E-state index contributed by atoms with van der Waals surface area (Å²) in [6.07, 6.45) is 5.83. The first kappa shape index (κ1) is 27.2. The molecular weight excluding hydrogens is 445 g/mol. The SMILES string of the molecule is C/C=C\N=C(Nc1ccc(C(=O)N(C)CC=O)c(C)c1)C(C)=N/C=C(\C)c1ccc(NC)c(F)c1. The molecule has 1 amide bonds. The van der Waals surface area contributed by atoms with Crippen LogP contribution in [-0.4, -0.2) is 49.3 Å². The van der Waals surface area contributed by atoms with Gasteiger partial charge >= 0.3 is 0 Å². The molecule has 0 heterocycles. The number of hydrogen-bond donors (Lipinski definition) is 2. The van der Waals surface area contributed by atoms with Gasteiger partial charge in [-0.1, -0.05) is 12.1 Å². The lowest BCUT2D eigenvalue weighted by Gasteiger charge is -2.16. The van der Waals surface area contributed by atoms with Gasteiger partial charge in [0, 0.05) is 37.7 Å². The summed E-state index contributed by atoms with van der Waals surface area (Å²) in [6, 6.07) is 10.3. The maximum atomic E-state index is 14.1. The molecule has 0 aliphatic carbocycles. The molecule has 0 spiro atoms. The van der Waals surface area contributed by atoms with Crippen molar-refractivity contribution in [3.05, 3.63) is 77.4 Å². The molecule has 0 aliphatic rings. The fraction of sp³-hybridized carbons (Fsp3) is 0.259. The van der Waals surface area contributed by atoms with Gasteiger partial charge in [-0.2, -0.15) is 0 Å². The number of nitrogens with one attached hydrogen (secondary N) is 2. The van der Waals surface area contributed by atoms with E-state index in [0.29, 0.717) is 29.1 Å². The second kappa shape index (κ2) is 13.0. The maximum Gasteiger partial charge on any atom is 0.254 e. The van der Waals surface area contributed by atoms with Crippen LogP contribution in [0.5, 0.6) is 0 Å². The van der Waals surface area contributed by atoms with Gasteiger partial charge in [-0.3, -0.25) is 9.79 Å². The molecule has 2 aromatic rings. The normalized spacial score (nSPS) is 12.6. The van der Waals surface area contributed by atoms with E-state index in [1.165, 1.54) is 11.0 Å². The first-order valence-corrected chi connectivity index (χ1v) is 11.2. The van der Waals surface area contributed by atoms with Crippen molar-refractivity contribution in [2.75, 3.05) is 31.3 Å². The minimum Gasteiger partial charge on any atom is -0.386 e. The van der Waals surface area contributed by atoms with E-state index in [0.717, 1.165) is 22.4 Å². The fourth-order valence-corrected chi connectivity index (χ4v) is 3.18. The Kier molecular flexibility index (Phi) is 10.1. The number of aryl methyl sites for hydroxylation is 1. The summed E-state index contributed by atoms with van der Waals surface area (Å²) < 4.78 is 14.1. The minimum atomic E-state index is -0.329. The van der Waals surface area contributed by atoms with Gasteiger partial charge in [0.15, 0.2) is 5.84 Å². The largest absolute Gasteiger partial charge is 0.386 e. The summed E-state index contributed by atoms with van der Waals surface area (Å²) in [5.41, 5.74) is 4.61. The number of allylic oxidation sites excluding steroid dienone is 2. The number of carbonyl (C=O) groups excluding carboxylic acids is 2. The third-order valence-electron chi connectivity index (χ3n) is 5.26. The maximum absolute atomic E-state index is 14.1. The molecule has 0 aliphatic heterocycles. The minimum absolute atomic E-state index is 0.0350. The van der Waals surface area contributed by atoms with Gasteiger partial charge in [-0.25, -0.2) is 9.38 Å². The summed E-state index contributed by atoms with van der Waals surface area (Å²) >= 11 is 0. The zero-order chi connectivity index (χ0) is 26.0. The van der Waals surface area contributed by atoms with E-state index >= 15 is 0 Å². The molecule has 0 radical (unpaired) electrons. The molecular formula is C27H32FN5O2. The number of anilines is 2. The second-order valence-corrected chi connectivity index (χ2v) is 7.94. The van der Waals surface area contributed by atoms with Crippen molar-refractivity contribution in [1.82, 2.24) is 4.90 Å². The molecule has 0 saturated carbocycles. The zero-order valence-electron chi connectivity index (χ0n) is 21.0. The Morgan fingerprint density at radius 1 is 1.14 bits per heavy atom. The van der Waals surface area contributed by atoms with Crippen molar-refractivity contribution < 1.29 is 14.0 Å². The number of amides is 1. The van der Waals surface area contributed by atoms with Gasteiger partial charge in [0.2, 0.25) is 0 Å². The van der Waals surface area contributed by atoms with Crippen LogP contribution in [0.4, 0.5) is 15.8 Å². The van der Waals surface area contributed by atoms with Crippen molar-refractivity contribution in [2.45, 2.75) is 27.7 Å². The molecule has 35 heavy (non-hydrogen) atoms. The molecule has 2 N–H and O–H groups in total. The molecule has 0 fully saturated rings. The molecule has 0 aromatic heterocycles. The Balaban J connectivity index is 2.28. The zero-order valence-corrected chi connectivity index (χ0v) is 21.0. The van der Waals surface area contributed by atoms with Crippen LogP contribution < -0.4 is 10.6 Å². The van der Waals surface area contributed by atoms with Crippen LogP contribution in [0.1, 0.15) is 42.3 Å². The Hall–Kier alpha value is -4.07. The standard InChI is InChI=1S/C27H32FN5O2/c1-7-12-30-26(20(4)31-17-19(3)21-8-11-25(29-5)24(28)16-21)32-22-9-10-23(18(2)15-22)27(35)33(6)13-14-34/h7-12,14-17,29H,13H2,1-6H3,(H,30,32)/b12-7-,19-17+,31-20?. The molecule has 8 heteroatoms. The molecule has 0 atom stereocenters. The highest BCUT2D eigenvalue weighted by Gasteiger charge is 2.14. The lowest BCUT2D eigenvalue weighted by Crippen LogP contribution is -2.29. The highest BCUT2D eigenvalue weighted by molar-refractivity contribution is 6.45. The number of halogens is 1. The van der Waals surface area contributed by atoms with Gasteiger partial charge < -0.3 is 20.3 Å². The first-order valence-electron chi connectivity index (χ1n) is 11.2. The van der Waals surface area contributed by atoms with Crippen molar-refractivity contribution in [2.24, 2.45) is 9.98 Å². The summed E-state index contributed by atoms with van der Waals surface area (Å²) in [6.45, 7) is 7.42. The van der Waals surface area contributed by atoms with Crippen LogP contribution in [0.15, 0.2) is 64.9 Å². The Morgan fingerprint density at radius 3 is 2.49 bits per heavy atom. The van der Waals surface area contributed by atoms with Gasteiger partial charge in [0.05, 0.1) is 17.9 Å². The predicted octanol–water partition coefficient (Wildman–Crippen LogP) is 5.31. The number of amidine groups is 1. The lowest BCUT2D eigenvalue weighted by molar-refractivity contribution is -0.108. The number of nitrogens with zero attached hydrogens (tertiary/aromatic N) is 3. The number of aliphatic imine (C=N–C) groups is 2. The Bertz CT molecular complexity index is 1200. The lowest BCUT2D eigenvalue weighted by atomic mass is 10.1. The van der Waals surface area contributed by atoms with Gasteiger partial charge in [0.25, 0.3) is 5.91 Å². The van der Waals surface area contributed by atoms with E-state index in [1.807, 2.05) is 39.8 Å². The number of aldehydes is 1. The number of likely N-dealkylation sites (N-methyl/N-ethyl adjacent to an activating group) is 1. The van der Waals surface area contributed by atoms with Crippen LogP contribution in [0.2, 0.25) is 0 Å². The molecule has 0 saturated heterocycles. The predicted molar refractivity (Wildman–Crippen MR) is 143 cm³/mol. The molecule has 2 rings (SSSR count). The van der Waals surface area contributed by atoms with E-state index in [1.54, 1.807) is 50.8 Å². The van der Waals surface area contributed by atoms with Crippen LogP contribution >= 0.6 is 0 Å². The summed E-state index contributed by atoms with van der Waals surface area (Å²) in [5.74, 6) is -0.0213. The summed E-state index contributed by atoms with van der Waals surface area (Å²) in [7, 11) is 3.26. The van der Waals surface area contributed by atoms with E-state index < -0.39 is 0 Å². The molecule has 2 aromatic carbocycles. The van der Waals surface area contributed by atoms with Gasteiger partial charge in [0.1, 0.15) is 12.1 Å². The van der Waals surface area contributed by atoms with Crippen molar-refractivity contribution in [3.8, 4) is 0 Å². The number of carbonyl (C=O) groups is 2. The quantitative estimate of drug-likeness (QED) is 0.291. The molecule has 0 unspecified atom stereocenters. The second-order valence-electron chi connectivity index (χ2n) is 7.94. The van der Waals surface area contributed by atoms with Gasteiger partial charge in [-0.15, -0.1) is 0 Å². The highest BCUT2D eigenvalue weighted by atomic mass is 19.1. The van der Waals surface area contributed by atoms with Crippen molar-refractivity contribution in [3.63, 3.8) is 0 Å². The molecule has 184 valence electrons. The third-order valence-corrected chi connectivity index (χ3v) is 5.26. The summed E-state index contributed by atoms with van der Waals surface area (Å²) in [5, 5.41) is 6.06. The number of hydrogen-bond acceptors (Lipinski definition) is 5. The number of benzene rings is 2. The first-order chi connectivity index (χ1) is 16.7. The van der Waals surface area contributed by atoms with Crippen molar-refractivity contribution in [1.29, 1.82) is 0 Å². The summed E-state index contributed by atoms with van der Waals surface area (Å²) in [4.78, 5) is 33.6. The average molecular weight is 478 g/mol.